The van der Waals surface area contributed by atoms with E-state index in [2.05, 4.69) is 32.6 Å². The molecule has 0 spiro atoms. The van der Waals surface area contributed by atoms with E-state index in [1.165, 1.54) is 5.70 Å². The maximum atomic E-state index is 12.0. The zero-order valence-electron chi connectivity index (χ0n) is 13.8. The van der Waals surface area contributed by atoms with Gasteiger partial charge in [0, 0.05) is 18.8 Å². The van der Waals surface area contributed by atoms with Gasteiger partial charge in [0.05, 0.1) is 6.61 Å². The lowest BCUT2D eigenvalue weighted by atomic mass is 9.75. The minimum Gasteiger partial charge on any atom is -0.462 e. The van der Waals surface area contributed by atoms with Crippen molar-refractivity contribution in [3.05, 3.63) is 22.9 Å². The summed E-state index contributed by atoms with van der Waals surface area (Å²) in [5.74, 6) is -0.511. The van der Waals surface area contributed by atoms with Crippen LogP contribution in [0.2, 0.25) is 0 Å². The van der Waals surface area contributed by atoms with Gasteiger partial charge in [0.1, 0.15) is 11.6 Å². The van der Waals surface area contributed by atoms with E-state index in [1.807, 2.05) is 12.1 Å². The Balaban J connectivity index is 3.28. The molecular formula is C17H26N2O2. The average Bonchev–Trinajstić information content (AvgIpc) is 2.39. The third-order valence-corrected chi connectivity index (χ3v) is 3.75. The number of esters is 1. The molecular weight excluding hydrogens is 264 g/mol. The Labute approximate surface area is 128 Å². The van der Waals surface area contributed by atoms with Gasteiger partial charge in [0.15, 0.2) is 0 Å². The van der Waals surface area contributed by atoms with Crippen LogP contribution in [-0.4, -0.2) is 30.6 Å². The molecule has 0 saturated heterocycles. The van der Waals surface area contributed by atoms with Crippen LogP contribution in [0.15, 0.2) is 22.9 Å². The molecule has 1 rings (SSSR count). The van der Waals surface area contributed by atoms with Gasteiger partial charge in [0.25, 0.3) is 0 Å². The van der Waals surface area contributed by atoms with Gasteiger partial charge in [-0.05, 0) is 50.7 Å². The summed E-state index contributed by atoms with van der Waals surface area (Å²) in [6, 6.07) is 2.03. The zero-order valence-corrected chi connectivity index (χ0v) is 13.8. The van der Waals surface area contributed by atoms with Crippen LogP contribution >= 0.6 is 0 Å². The molecule has 0 fully saturated rings. The number of nitrogens with zero attached hydrogens (tertiary/aromatic N) is 2. The summed E-state index contributed by atoms with van der Waals surface area (Å²) in [6.07, 6.45) is 3.69. The average molecular weight is 290 g/mol. The quantitative estimate of drug-likeness (QED) is 0.442. The molecule has 4 nitrogen and oxygen atoms in total. The molecule has 0 atom stereocenters. The third-order valence-electron chi connectivity index (χ3n) is 3.75. The molecule has 0 aromatic carbocycles. The topological polar surface area (TPSA) is 53.3 Å². The molecule has 1 aliphatic rings. The van der Waals surface area contributed by atoms with Crippen molar-refractivity contribution in [2.75, 3.05) is 19.7 Å². The Morgan fingerprint density at radius 2 is 1.95 bits per heavy atom. The molecule has 0 aromatic rings. The third kappa shape index (κ3) is 4.35. The van der Waals surface area contributed by atoms with Gasteiger partial charge in [-0.15, -0.1) is 0 Å². The molecule has 1 aliphatic carbocycles. The fourth-order valence-corrected chi connectivity index (χ4v) is 2.82. The van der Waals surface area contributed by atoms with Gasteiger partial charge in [-0.2, -0.15) is 5.26 Å². The minimum absolute atomic E-state index is 0.0383. The van der Waals surface area contributed by atoms with Crippen LogP contribution in [0.3, 0.4) is 0 Å². The molecule has 116 valence electrons. The maximum absolute atomic E-state index is 12.0. The van der Waals surface area contributed by atoms with Crippen LogP contribution in [0, 0.1) is 16.7 Å². The highest BCUT2D eigenvalue weighted by atomic mass is 16.5. The van der Waals surface area contributed by atoms with E-state index in [1.54, 1.807) is 6.92 Å². The van der Waals surface area contributed by atoms with E-state index in [-0.39, 0.29) is 17.6 Å². The predicted molar refractivity (Wildman–Crippen MR) is 83.3 cm³/mol. The van der Waals surface area contributed by atoms with Crippen LogP contribution in [0.25, 0.3) is 0 Å². The molecule has 0 N–H and O–H groups in total. The minimum atomic E-state index is -0.511. The number of ether oxygens (including phenoxy) is 1. The van der Waals surface area contributed by atoms with Crippen molar-refractivity contribution in [2.24, 2.45) is 5.41 Å². The summed E-state index contributed by atoms with van der Waals surface area (Å²) in [5, 5.41) is 9.33. The highest BCUT2D eigenvalue weighted by molar-refractivity contribution is 5.94. The first-order valence-electron chi connectivity index (χ1n) is 7.64. The van der Waals surface area contributed by atoms with Crippen LogP contribution in [0.5, 0.6) is 0 Å². The normalized spacial score (nSPS) is 19.3. The summed E-state index contributed by atoms with van der Waals surface area (Å²) in [5.41, 5.74) is 2.18. The number of rotatable bonds is 5. The first-order chi connectivity index (χ1) is 9.88. The van der Waals surface area contributed by atoms with Crippen molar-refractivity contribution in [3.63, 3.8) is 0 Å². The van der Waals surface area contributed by atoms with Gasteiger partial charge >= 0.3 is 5.97 Å². The second-order valence-electron chi connectivity index (χ2n) is 6.06. The molecule has 0 heterocycles. The van der Waals surface area contributed by atoms with E-state index in [0.717, 1.165) is 31.5 Å². The SMILES string of the molecule is CCOC(=O)/C(C#N)=C1\C=C(N(CC)CC)CC(C)(C)C1. The molecule has 0 aliphatic heterocycles. The van der Waals surface area contributed by atoms with Gasteiger partial charge in [-0.1, -0.05) is 13.8 Å². The standard InChI is InChI=1S/C17H26N2O2/c1-6-19(7-2)14-9-13(10-17(4,5)11-14)15(12-18)16(20)21-8-3/h9H,6-8,10-11H2,1-5H3/b15-13+. The van der Waals surface area contributed by atoms with Gasteiger partial charge < -0.3 is 9.64 Å². The Kier molecular flexibility index (Phi) is 6.02. The lowest BCUT2D eigenvalue weighted by molar-refractivity contribution is -0.138. The van der Waals surface area contributed by atoms with Crippen molar-refractivity contribution in [3.8, 4) is 6.07 Å². The first kappa shape index (κ1) is 17.3. The van der Waals surface area contributed by atoms with Gasteiger partial charge in [-0.25, -0.2) is 4.79 Å². The Hall–Kier alpha value is -1.76. The summed E-state index contributed by atoms with van der Waals surface area (Å²) >= 11 is 0. The smallest absolute Gasteiger partial charge is 0.349 e. The highest BCUT2D eigenvalue weighted by Gasteiger charge is 2.30. The number of carbonyl (C=O) groups is 1. The summed E-state index contributed by atoms with van der Waals surface area (Å²) in [6.45, 7) is 12.5. The number of allylic oxidation sites excluding steroid dienone is 3. The summed E-state index contributed by atoms with van der Waals surface area (Å²) in [4.78, 5) is 14.2. The zero-order chi connectivity index (χ0) is 16.0. The van der Waals surface area contributed by atoms with E-state index in [0.29, 0.717) is 0 Å². The Morgan fingerprint density at radius 1 is 1.33 bits per heavy atom. The van der Waals surface area contributed by atoms with Crippen molar-refractivity contribution in [1.82, 2.24) is 4.90 Å². The van der Waals surface area contributed by atoms with Crippen LogP contribution in [-0.2, 0) is 9.53 Å². The molecule has 0 saturated carbocycles. The van der Waals surface area contributed by atoms with Crippen molar-refractivity contribution < 1.29 is 9.53 Å². The number of hydrogen-bond donors (Lipinski definition) is 0. The van der Waals surface area contributed by atoms with Crippen LogP contribution < -0.4 is 0 Å². The van der Waals surface area contributed by atoms with E-state index in [9.17, 15) is 10.1 Å². The molecule has 0 aromatic heterocycles. The Morgan fingerprint density at radius 3 is 2.43 bits per heavy atom. The highest BCUT2D eigenvalue weighted by Crippen LogP contribution is 2.40. The van der Waals surface area contributed by atoms with Gasteiger partial charge in [0.2, 0.25) is 0 Å². The molecule has 0 unspecified atom stereocenters. The van der Waals surface area contributed by atoms with Crippen molar-refractivity contribution in [2.45, 2.75) is 47.5 Å². The largest absolute Gasteiger partial charge is 0.462 e. The second-order valence-corrected chi connectivity index (χ2v) is 6.06. The monoisotopic (exact) mass is 290 g/mol. The van der Waals surface area contributed by atoms with E-state index >= 15 is 0 Å². The second kappa shape index (κ2) is 7.31. The van der Waals surface area contributed by atoms with Crippen molar-refractivity contribution >= 4 is 5.97 Å². The molecule has 4 heteroatoms. The fourth-order valence-electron chi connectivity index (χ4n) is 2.82. The Bertz CT molecular complexity index is 491. The number of hydrogen-bond acceptors (Lipinski definition) is 4. The van der Waals surface area contributed by atoms with E-state index in [4.69, 9.17) is 4.74 Å². The van der Waals surface area contributed by atoms with Crippen molar-refractivity contribution in [1.29, 1.82) is 5.26 Å². The first-order valence-corrected chi connectivity index (χ1v) is 7.64. The molecule has 0 bridgehead atoms. The van der Waals surface area contributed by atoms with Gasteiger partial charge in [-0.3, -0.25) is 0 Å². The fraction of sp³-hybridized carbons (Fsp3) is 0.647. The lowest BCUT2D eigenvalue weighted by Crippen LogP contribution is -2.29. The number of nitriles is 1. The molecule has 0 amide bonds. The summed E-state index contributed by atoms with van der Waals surface area (Å²) in [7, 11) is 0. The predicted octanol–water partition coefficient (Wildman–Crippen LogP) is 3.42. The molecule has 0 radical (unpaired) electrons. The lowest BCUT2D eigenvalue weighted by Gasteiger charge is -2.36. The molecule has 21 heavy (non-hydrogen) atoms. The summed E-state index contributed by atoms with van der Waals surface area (Å²) < 4.78 is 5.00. The van der Waals surface area contributed by atoms with Crippen LogP contribution in [0.1, 0.15) is 47.5 Å². The number of carbonyl (C=O) groups excluding carboxylic acids is 1. The maximum Gasteiger partial charge on any atom is 0.349 e. The van der Waals surface area contributed by atoms with E-state index < -0.39 is 5.97 Å². The van der Waals surface area contributed by atoms with Crippen LogP contribution in [0.4, 0.5) is 0 Å².